The Bertz CT molecular complexity index is 858. The molecule has 0 heterocycles. The fraction of sp³-hybridized carbons (Fsp3) is 0.316. The molecule has 4 N–H and O–H groups in total. The number of sulfonamides is 1. The molecule has 0 unspecified atom stereocenters. The highest BCUT2D eigenvalue weighted by Crippen LogP contribution is 2.20. The Balaban J connectivity index is 0.00000392. The van der Waals surface area contributed by atoms with Crippen LogP contribution in [0.3, 0.4) is 0 Å². The van der Waals surface area contributed by atoms with Crippen molar-refractivity contribution in [3.63, 3.8) is 0 Å². The molecular formula is C19H26ClN3O4S. The second-order valence-electron chi connectivity index (χ2n) is 5.84. The maximum absolute atomic E-state index is 12.5. The van der Waals surface area contributed by atoms with E-state index in [0.717, 1.165) is 12.8 Å². The van der Waals surface area contributed by atoms with Crippen LogP contribution >= 0.6 is 12.4 Å². The van der Waals surface area contributed by atoms with E-state index >= 15 is 0 Å². The van der Waals surface area contributed by atoms with Gasteiger partial charge in [-0.2, -0.15) is 0 Å². The number of ether oxygens (including phenoxy) is 1. The minimum atomic E-state index is -3.76. The van der Waals surface area contributed by atoms with Crippen LogP contribution in [0.5, 0.6) is 5.75 Å². The maximum atomic E-state index is 12.5. The van der Waals surface area contributed by atoms with E-state index in [4.69, 9.17) is 10.5 Å². The Kier molecular flexibility index (Phi) is 9.78. The summed E-state index contributed by atoms with van der Waals surface area (Å²) in [6.45, 7) is 3.47. The van der Waals surface area contributed by atoms with Crippen molar-refractivity contribution in [3.8, 4) is 5.75 Å². The van der Waals surface area contributed by atoms with Crippen molar-refractivity contribution in [2.24, 2.45) is 5.73 Å². The van der Waals surface area contributed by atoms with Gasteiger partial charge in [0.05, 0.1) is 11.5 Å². The van der Waals surface area contributed by atoms with Crippen LogP contribution < -0.4 is 20.5 Å². The summed E-state index contributed by atoms with van der Waals surface area (Å²) < 4.78 is 32.9. The van der Waals surface area contributed by atoms with Gasteiger partial charge in [-0.3, -0.25) is 9.52 Å². The minimum Gasteiger partial charge on any atom is -0.494 e. The van der Waals surface area contributed by atoms with Crippen LogP contribution in [0.2, 0.25) is 0 Å². The van der Waals surface area contributed by atoms with E-state index in [-0.39, 0.29) is 23.2 Å². The standard InChI is InChI=1S/C19H25N3O4S.ClH/c1-2-26-17-8-10-18(11-9-17)27(24,25)22-16-7-5-6-15(14-16)19(23)21-13-4-3-12-20;/h5-11,14,22H,2-4,12-13,20H2,1H3,(H,21,23);1H. The summed E-state index contributed by atoms with van der Waals surface area (Å²) >= 11 is 0. The molecule has 154 valence electrons. The number of rotatable bonds is 10. The summed E-state index contributed by atoms with van der Waals surface area (Å²) in [6, 6.07) is 12.5. The van der Waals surface area contributed by atoms with Crippen LogP contribution in [-0.2, 0) is 10.0 Å². The average molecular weight is 428 g/mol. The van der Waals surface area contributed by atoms with Crippen LogP contribution in [0, 0.1) is 0 Å². The molecule has 28 heavy (non-hydrogen) atoms. The number of carbonyl (C=O) groups excluding carboxylic acids is 1. The van der Waals surface area contributed by atoms with E-state index in [9.17, 15) is 13.2 Å². The largest absolute Gasteiger partial charge is 0.494 e. The van der Waals surface area contributed by atoms with Crippen molar-refractivity contribution in [1.82, 2.24) is 5.32 Å². The van der Waals surface area contributed by atoms with Gasteiger partial charge in [0.15, 0.2) is 0 Å². The molecule has 2 rings (SSSR count). The van der Waals surface area contributed by atoms with Gasteiger partial charge in [0, 0.05) is 17.8 Å². The number of carbonyl (C=O) groups is 1. The Labute approximate surface area is 172 Å². The summed E-state index contributed by atoms with van der Waals surface area (Å²) in [5.74, 6) is 0.346. The van der Waals surface area contributed by atoms with E-state index in [0.29, 0.717) is 36.7 Å². The van der Waals surface area contributed by atoms with E-state index in [1.165, 1.54) is 18.2 Å². The fourth-order valence-corrected chi connectivity index (χ4v) is 3.44. The van der Waals surface area contributed by atoms with Crippen LogP contribution in [0.25, 0.3) is 0 Å². The Hall–Kier alpha value is -2.29. The summed E-state index contributed by atoms with van der Waals surface area (Å²) in [7, 11) is -3.76. The van der Waals surface area contributed by atoms with Gasteiger partial charge in [0.1, 0.15) is 5.75 Å². The Morgan fingerprint density at radius 1 is 1.11 bits per heavy atom. The lowest BCUT2D eigenvalue weighted by atomic mass is 10.2. The molecule has 0 atom stereocenters. The smallest absolute Gasteiger partial charge is 0.261 e. The molecule has 0 saturated carbocycles. The summed E-state index contributed by atoms with van der Waals surface area (Å²) in [6.07, 6.45) is 1.63. The van der Waals surface area contributed by atoms with Gasteiger partial charge >= 0.3 is 0 Å². The van der Waals surface area contributed by atoms with Crippen molar-refractivity contribution in [2.45, 2.75) is 24.7 Å². The molecule has 9 heteroatoms. The monoisotopic (exact) mass is 427 g/mol. The van der Waals surface area contributed by atoms with Crippen molar-refractivity contribution in [3.05, 3.63) is 54.1 Å². The topological polar surface area (TPSA) is 111 Å². The predicted molar refractivity (Wildman–Crippen MR) is 113 cm³/mol. The molecule has 0 aliphatic rings. The molecule has 2 aromatic carbocycles. The normalized spacial score (nSPS) is 10.6. The number of benzene rings is 2. The molecule has 0 aliphatic carbocycles. The SMILES string of the molecule is CCOc1ccc(S(=O)(=O)Nc2cccc(C(=O)NCCCCN)c2)cc1.Cl. The van der Waals surface area contributed by atoms with Crippen molar-refractivity contribution in [1.29, 1.82) is 0 Å². The maximum Gasteiger partial charge on any atom is 0.261 e. The molecule has 0 aliphatic heterocycles. The Morgan fingerprint density at radius 2 is 1.82 bits per heavy atom. The quantitative estimate of drug-likeness (QED) is 0.505. The number of hydrogen-bond acceptors (Lipinski definition) is 5. The number of halogens is 1. The molecule has 0 aromatic heterocycles. The number of unbranched alkanes of at least 4 members (excludes halogenated alkanes) is 1. The molecule has 0 fully saturated rings. The molecule has 2 aromatic rings. The first-order valence-electron chi connectivity index (χ1n) is 8.80. The molecule has 0 bridgehead atoms. The first-order valence-corrected chi connectivity index (χ1v) is 10.3. The van der Waals surface area contributed by atoms with Gasteiger partial charge in [0.25, 0.3) is 15.9 Å². The third-order valence-corrected chi connectivity index (χ3v) is 5.14. The molecule has 7 nitrogen and oxygen atoms in total. The predicted octanol–water partition coefficient (Wildman–Crippen LogP) is 2.78. The first-order chi connectivity index (χ1) is 13.0. The van der Waals surface area contributed by atoms with Gasteiger partial charge in [-0.1, -0.05) is 6.07 Å². The van der Waals surface area contributed by atoms with E-state index in [1.807, 2.05) is 6.92 Å². The van der Waals surface area contributed by atoms with Gasteiger partial charge in [-0.05, 0) is 68.8 Å². The Morgan fingerprint density at radius 3 is 2.46 bits per heavy atom. The van der Waals surface area contributed by atoms with Crippen LogP contribution in [0.4, 0.5) is 5.69 Å². The zero-order valence-electron chi connectivity index (χ0n) is 15.7. The van der Waals surface area contributed by atoms with Gasteiger partial charge < -0.3 is 15.8 Å². The van der Waals surface area contributed by atoms with Crippen molar-refractivity contribution < 1.29 is 17.9 Å². The van der Waals surface area contributed by atoms with Gasteiger partial charge in [-0.25, -0.2) is 8.42 Å². The van der Waals surface area contributed by atoms with E-state index in [2.05, 4.69) is 10.0 Å². The lowest BCUT2D eigenvalue weighted by Crippen LogP contribution is -2.25. The lowest BCUT2D eigenvalue weighted by Gasteiger charge is -2.11. The number of nitrogens with two attached hydrogens (primary N) is 1. The highest BCUT2D eigenvalue weighted by Gasteiger charge is 2.15. The minimum absolute atomic E-state index is 0. The second kappa shape index (κ2) is 11.5. The van der Waals surface area contributed by atoms with Gasteiger partial charge in [0.2, 0.25) is 0 Å². The van der Waals surface area contributed by atoms with Crippen LogP contribution in [-0.4, -0.2) is 34.0 Å². The van der Waals surface area contributed by atoms with Crippen molar-refractivity contribution in [2.75, 3.05) is 24.4 Å². The third kappa shape index (κ3) is 7.03. The van der Waals surface area contributed by atoms with Crippen LogP contribution in [0.1, 0.15) is 30.1 Å². The average Bonchev–Trinajstić information content (AvgIpc) is 2.66. The van der Waals surface area contributed by atoms with E-state index in [1.54, 1.807) is 30.3 Å². The van der Waals surface area contributed by atoms with Gasteiger partial charge in [-0.15, -0.1) is 12.4 Å². The lowest BCUT2D eigenvalue weighted by molar-refractivity contribution is 0.0953. The highest BCUT2D eigenvalue weighted by atomic mass is 35.5. The van der Waals surface area contributed by atoms with Crippen LogP contribution in [0.15, 0.2) is 53.4 Å². The number of nitrogens with one attached hydrogen (secondary N) is 2. The summed E-state index contributed by atoms with van der Waals surface area (Å²) in [5, 5.41) is 2.79. The third-order valence-electron chi connectivity index (χ3n) is 3.74. The second-order valence-corrected chi connectivity index (χ2v) is 7.52. The number of amides is 1. The summed E-state index contributed by atoms with van der Waals surface area (Å²) in [5.41, 5.74) is 6.12. The molecular weight excluding hydrogens is 402 g/mol. The van der Waals surface area contributed by atoms with E-state index < -0.39 is 10.0 Å². The molecule has 0 radical (unpaired) electrons. The highest BCUT2D eigenvalue weighted by molar-refractivity contribution is 7.92. The van der Waals surface area contributed by atoms with Crippen molar-refractivity contribution >= 4 is 34.0 Å². The number of anilines is 1. The zero-order valence-corrected chi connectivity index (χ0v) is 17.3. The molecule has 0 saturated heterocycles. The number of hydrogen-bond donors (Lipinski definition) is 3. The summed E-state index contributed by atoms with van der Waals surface area (Å²) in [4.78, 5) is 12.3. The first kappa shape index (κ1) is 23.7. The molecule has 0 spiro atoms. The fourth-order valence-electron chi connectivity index (χ4n) is 2.39. The molecule has 1 amide bonds. The zero-order chi connectivity index (χ0) is 19.7.